The van der Waals surface area contributed by atoms with E-state index in [0.29, 0.717) is 27.3 Å². The van der Waals surface area contributed by atoms with Crippen LogP contribution in [-0.4, -0.2) is 14.9 Å². The van der Waals surface area contributed by atoms with Gasteiger partial charge < -0.3 is 10.6 Å². The molecule has 0 aliphatic rings. The number of aryl methyl sites for hydroxylation is 1. The number of hydrogen-bond donors (Lipinski definition) is 2. The van der Waals surface area contributed by atoms with Crippen molar-refractivity contribution < 1.29 is 4.39 Å². The average molecular weight is 423 g/mol. The summed E-state index contributed by atoms with van der Waals surface area (Å²) < 4.78 is 15.7. The van der Waals surface area contributed by atoms with Crippen molar-refractivity contribution >= 4 is 51.9 Å². The number of nitrogens with zero attached hydrogens (tertiary/aromatic N) is 2. The Morgan fingerprint density at radius 3 is 2.56 bits per heavy atom. The molecule has 0 fully saturated rings. The van der Waals surface area contributed by atoms with Crippen LogP contribution < -0.4 is 10.6 Å². The number of anilines is 2. The average Bonchev–Trinajstić information content (AvgIpc) is 2.88. The van der Waals surface area contributed by atoms with E-state index in [4.69, 9.17) is 35.4 Å². The standard InChI is InChI=1S/C19H17Cl2FN4S/c1-11-18(24-19(27)23-14-7-8-15(20)16(21)9-14)12(2)26(25-11)10-13-5-3-4-6-17(13)22/h3-9H,10H2,1-2H3,(H2,23,24,27). The molecule has 1 heterocycles. The zero-order valence-corrected chi connectivity index (χ0v) is 17.0. The smallest absolute Gasteiger partial charge is 0.175 e. The van der Waals surface area contributed by atoms with Gasteiger partial charge in [0.05, 0.1) is 33.7 Å². The molecule has 4 nitrogen and oxygen atoms in total. The van der Waals surface area contributed by atoms with Gasteiger partial charge in [0.15, 0.2) is 5.11 Å². The highest BCUT2D eigenvalue weighted by Crippen LogP contribution is 2.26. The molecule has 140 valence electrons. The van der Waals surface area contributed by atoms with Crippen LogP contribution in [0.15, 0.2) is 42.5 Å². The summed E-state index contributed by atoms with van der Waals surface area (Å²) in [5.74, 6) is -0.253. The van der Waals surface area contributed by atoms with Crippen molar-refractivity contribution in [3.8, 4) is 0 Å². The first-order valence-electron chi connectivity index (χ1n) is 8.15. The van der Waals surface area contributed by atoms with Gasteiger partial charge >= 0.3 is 0 Å². The minimum absolute atomic E-state index is 0.253. The van der Waals surface area contributed by atoms with Crippen LogP contribution in [-0.2, 0) is 6.54 Å². The largest absolute Gasteiger partial charge is 0.332 e. The van der Waals surface area contributed by atoms with Gasteiger partial charge in [-0.2, -0.15) is 5.10 Å². The highest BCUT2D eigenvalue weighted by atomic mass is 35.5. The van der Waals surface area contributed by atoms with E-state index in [1.807, 2.05) is 13.8 Å². The molecule has 2 N–H and O–H groups in total. The monoisotopic (exact) mass is 422 g/mol. The van der Waals surface area contributed by atoms with E-state index < -0.39 is 0 Å². The first-order valence-corrected chi connectivity index (χ1v) is 9.32. The Balaban J connectivity index is 1.75. The third kappa shape index (κ3) is 4.58. The molecule has 0 saturated carbocycles. The number of benzene rings is 2. The fourth-order valence-electron chi connectivity index (χ4n) is 2.67. The van der Waals surface area contributed by atoms with E-state index in [0.717, 1.165) is 22.8 Å². The Bertz CT molecular complexity index is 1000. The number of nitrogens with one attached hydrogen (secondary N) is 2. The maximum atomic E-state index is 13.9. The van der Waals surface area contributed by atoms with Gasteiger partial charge in [0.25, 0.3) is 0 Å². The molecular formula is C19H17Cl2FN4S. The third-order valence-corrected chi connectivity index (χ3v) is 5.02. The molecule has 0 aliphatic carbocycles. The lowest BCUT2D eigenvalue weighted by Gasteiger charge is -2.12. The Hall–Kier alpha value is -2.15. The summed E-state index contributed by atoms with van der Waals surface area (Å²) in [6, 6.07) is 11.8. The summed E-state index contributed by atoms with van der Waals surface area (Å²) in [5.41, 5.74) is 3.70. The quantitative estimate of drug-likeness (QED) is 0.521. The Morgan fingerprint density at radius 2 is 1.85 bits per heavy atom. The fraction of sp³-hybridized carbons (Fsp3) is 0.158. The molecule has 27 heavy (non-hydrogen) atoms. The molecule has 3 rings (SSSR count). The van der Waals surface area contributed by atoms with Gasteiger partial charge in [0.1, 0.15) is 5.82 Å². The van der Waals surface area contributed by atoms with Gasteiger partial charge in [0.2, 0.25) is 0 Å². The van der Waals surface area contributed by atoms with Gasteiger partial charge in [0, 0.05) is 11.3 Å². The molecule has 3 aromatic rings. The molecule has 0 radical (unpaired) electrons. The number of halogens is 3. The molecule has 8 heteroatoms. The zero-order valence-electron chi connectivity index (χ0n) is 14.7. The first kappa shape index (κ1) is 19.6. The number of rotatable bonds is 4. The first-order chi connectivity index (χ1) is 12.8. The molecule has 0 amide bonds. The van der Waals surface area contributed by atoms with Crippen molar-refractivity contribution in [3.05, 3.63) is 75.3 Å². The summed E-state index contributed by atoms with van der Waals surface area (Å²) in [7, 11) is 0. The molecule has 0 aliphatic heterocycles. The van der Waals surface area contributed by atoms with E-state index in [-0.39, 0.29) is 5.82 Å². The zero-order chi connectivity index (χ0) is 19.6. The summed E-state index contributed by atoms with van der Waals surface area (Å²) >= 11 is 17.3. The van der Waals surface area contributed by atoms with Crippen LogP contribution in [0.4, 0.5) is 15.8 Å². The second-order valence-electron chi connectivity index (χ2n) is 6.00. The Morgan fingerprint density at radius 1 is 1.11 bits per heavy atom. The minimum atomic E-state index is -0.253. The van der Waals surface area contributed by atoms with Crippen LogP contribution in [0.1, 0.15) is 17.0 Å². The predicted molar refractivity (Wildman–Crippen MR) is 114 cm³/mol. The second kappa shape index (κ2) is 8.25. The van der Waals surface area contributed by atoms with Crippen LogP contribution >= 0.6 is 35.4 Å². The van der Waals surface area contributed by atoms with Crippen molar-refractivity contribution in [3.63, 3.8) is 0 Å². The summed E-state index contributed by atoms with van der Waals surface area (Å²) in [6.07, 6.45) is 0. The van der Waals surface area contributed by atoms with E-state index in [2.05, 4.69) is 15.7 Å². The molecule has 2 aromatic carbocycles. The van der Waals surface area contributed by atoms with Crippen LogP contribution in [0.3, 0.4) is 0 Å². The van der Waals surface area contributed by atoms with Crippen molar-refractivity contribution in [1.82, 2.24) is 9.78 Å². The molecular weight excluding hydrogens is 406 g/mol. The Labute approximate surface area is 172 Å². The molecule has 0 bridgehead atoms. The highest BCUT2D eigenvalue weighted by Gasteiger charge is 2.14. The van der Waals surface area contributed by atoms with E-state index in [1.54, 1.807) is 41.1 Å². The Kier molecular flexibility index (Phi) is 5.99. The van der Waals surface area contributed by atoms with Crippen molar-refractivity contribution in [2.75, 3.05) is 10.6 Å². The molecule has 1 aromatic heterocycles. The maximum Gasteiger partial charge on any atom is 0.175 e. The lowest BCUT2D eigenvalue weighted by Crippen LogP contribution is -2.20. The minimum Gasteiger partial charge on any atom is -0.332 e. The molecule has 0 unspecified atom stereocenters. The van der Waals surface area contributed by atoms with Crippen LogP contribution in [0.2, 0.25) is 10.0 Å². The van der Waals surface area contributed by atoms with E-state index in [9.17, 15) is 4.39 Å². The van der Waals surface area contributed by atoms with Crippen LogP contribution in [0.5, 0.6) is 0 Å². The van der Waals surface area contributed by atoms with Gasteiger partial charge in [-0.1, -0.05) is 41.4 Å². The number of aromatic nitrogens is 2. The van der Waals surface area contributed by atoms with E-state index >= 15 is 0 Å². The third-order valence-electron chi connectivity index (χ3n) is 4.08. The fourth-order valence-corrected chi connectivity index (χ4v) is 3.19. The van der Waals surface area contributed by atoms with Crippen LogP contribution in [0, 0.1) is 19.7 Å². The number of hydrogen-bond acceptors (Lipinski definition) is 2. The summed E-state index contributed by atoms with van der Waals surface area (Å²) in [6.45, 7) is 4.12. The molecule has 0 spiro atoms. The summed E-state index contributed by atoms with van der Waals surface area (Å²) in [4.78, 5) is 0. The lowest BCUT2D eigenvalue weighted by atomic mass is 10.2. The van der Waals surface area contributed by atoms with Gasteiger partial charge in [-0.05, 0) is 50.3 Å². The van der Waals surface area contributed by atoms with Gasteiger partial charge in [-0.3, -0.25) is 4.68 Å². The van der Waals surface area contributed by atoms with Crippen molar-refractivity contribution in [1.29, 1.82) is 0 Å². The molecule has 0 saturated heterocycles. The van der Waals surface area contributed by atoms with Crippen molar-refractivity contribution in [2.45, 2.75) is 20.4 Å². The van der Waals surface area contributed by atoms with Crippen LogP contribution in [0.25, 0.3) is 0 Å². The molecule has 0 atom stereocenters. The lowest BCUT2D eigenvalue weighted by molar-refractivity contribution is 0.579. The maximum absolute atomic E-state index is 13.9. The van der Waals surface area contributed by atoms with Gasteiger partial charge in [-0.25, -0.2) is 4.39 Å². The number of thiocarbonyl (C=S) groups is 1. The normalized spacial score (nSPS) is 10.7. The summed E-state index contributed by atoms with van der Waals surface area (Å²) in [5, 5.41) is 12.0. The van der Waals surface area contributed by atoms with Gasteiger partial charge in [-0.15, -0.1) is 0 Å². The SMILES string of the molecule is Cc1nn(Cc2ccccc2F)c(C)c1NC(=S)Nc1ccc(Cl)c(Cl)c1. The highest BCUT2D eigenvalue weighted by molar-refractivity contribution is 7.80. The van der Waals surface area contributed by atoms with E-state index in [1.165, 1.54) is 6.07 Å². The topological polar surface area (TPSA) is 41.9 Å². The van der Waals surface area contributed by atoms with Crippen molar-refractivity contribution in [2.24, 2.45) is 0 Å². The second-order valence-corrected chi connectivity index (χ2v) is 7.23. The predicted octanol–water partition coefficient (Wildman–Crippen LogP) is 5.80.